The molecule has 1 saturated carbocycles. The first-order valence-corrected chi connectivity index (χ1v) is 17.6. The fourth-order valence-electron chi connectivity index (χ4n) is 7.13. The molecule has 2 amide bonds. The highest BCUT2D eigenvalue weighted by molar-refractivity contribution is 5.92. The maximum atomic E-state index is 12.6. The van der Waals surface area contributed by atoms with Gasteiger partial charge in [-0.1, -0.05) is 31.0 Å². The van der Waals surface area contributed by atoms with Crippen molar-refractivity contribution in [3.8, 4) is 23.1 Å². The monoisotopic (exact) mass is 708 g/mol. The minimum Gasteiger partial charge on any atom is -0.503 e. The van der Waals surface area contributed by atoms with Crippen molar-refractivity contribution >= 4 is 22.8 Å². The Hall–Kier alpha value is -5.99. The fourth-order valence-corrected chi connectivity index (χ4v) is 7.13. The molecule has 5 aromatic rings. The van der Waals surface area contributed by atoms with Gasteiger partial charge < -0.3 is 30.2 Å². The molecule has 1 aromatic carbocycles. The first kappa shape index (κ1) is 34.5. The van der Waals surface area contributed by atoms with Crippen LogP contribution in [0.1, 0.15) is 77.9 Å². The molecule has 0 unspecified atom stereocenters. The number of para-hydroxylation sites is 1. The van der Waals surface area contributed by atoms with Gasteiger partial charge in [0.15, 0.2) is 22.9 Å². The molecule has 6 bridgehead atoms. The van der Waals surface area contributed by atoms with Crippen LogP contribution in [0.2, 0.25) is 0 Å². The molecule has 2 aliphatic heterocycles. The normalized spacial score (nSPS) is 17.2. The summed E-state index contributed by atoms with van der Waals surface area (Å²) in [5.41, 5.74) is 0.275. The topological polar surface area (TPSA) is 195 Å². The quantitative estimate of drug-likeness (QED) is 0.186. The number of carbonyl (C=O) groups excluding carboxylic acids is 2. The first-order valence-electron chi connectivity index (χ1n) is 17.6. The first-order chi connectivity index (χ1) is 25.2. The number of amides is 2. The molecule has 0 saturated heterocycles. The molecule has 1 aliphatic carbocycles. The van der Waals surface area contributed by atoms with Gasteiger partial charge in [0.25, 0.3) is 22.7 Å². The Balaban J connectivity index is 0.000000175. The highest BCUT2D eigenvalue weighted by atomic mass is 16.5. The van der Waals surface area contributed by atoms with Crippen LogP contribution in [0.4, 0.5) is 0 Å². The molecule has 15 nitrogen and oxygen atoms in total. The second-order valence-corrected chi connectivity index (χ2v) is 13.4. The highest BCUT2D eigenvalue weighted by Crippen LogP contribution is 2.40. The van der Waals surface area contributed by atoms with Crippen molar-refractivity contribution in [1.82, 2.24) is 39.7 Å². The van der Waals surface area contributed by atoms with E-state index in [-0.39, 0.29) is 16.9 Å². The smallest absolute Gasteiger partial charge is 0.275 e. The molecular weight excluding hydrogens is 668 g/mol. The van der Waals surface area contributed by atoms with Crippen LogP contribution in [0.15, 0.2) is 70.6 Å². The van der Waals surface area contributed by atoms with Gasteiger partial charge in [0, 0.05) is 30.7 Å². The van der Waals surface area contributed by atoms with E-state index in [1.54, 1.807) is 0 Å². The predicted octanol–water partition coefficient (Wildman–Crippen LogP) is 3.17. The zero-order chi connectivity index (χ0) is 36.2. The van der Waals surface area contributed by atoms with Crippen molar-refractivity contribution in [2.75, 3.05) is 19.7 Å². The van der Waals surface area contributed by atoms with Crippen LogP contribution >= 0.6 is 0 Å². The van der Waals surface area contributed by atoms with Crippen LogP contribution in [-0.2, 0) is 18.5 Å². The summed E-state index contributed by atoms with van der Waals surface area (Å²) in [6, 6.07) is 13.6. The number of benzene rings is 1. The number of aryl methyl sites for hydroxylation is 1. The van der Waals surface area contributed by atoms with Crippen LogP contribution < -0.4 is 26.2 Å². The summed E-state index contributed by atoms with van der Waals surface area (Å²) in [6.07, 6.45) is 12.5. The van der Waals surface area contributed by atoms with Crippen LogP contribution in [0.3, 0.4) is 0 Å². The Morgan fingerprint density at radius 2 is 1.44 bits per heavy atom. The average molecular weight is 709 g/mol. The second kappa shape index (κ2) is 14.7. The summed E-state index contributed by atoms with van der Waals surface area (Å²) in [5, 5.41) is 34.8. The van der Waals surface area contributed by atoms with Crippen molar-refractivity contribution in [3.63, 3.8) is 0 Å². The van der Waals surface area contributed by atoms with E-state index in [0.717, 1.165) is 73.7 Å². The predicted molar refractivity (Wildman–Crippen MR) is 190 cm³/mol. The molecule has 270 valence electrons. The number of pyridine rings is 1. The Bertz CT molecular complexity index is 2250. The number of nitrogens with zero attached hydrogens (tertiary/aromatic N) is 6. The van der Waals surface area contributed by atoms with Gasteiger partial charge in [-0.2, -0.15) is 15.2 Å². The highest BCUT2D eigenvalue weighted by Gasteiger charge is 2.38. The number of rotatable bonds is 0. The molecule has 3 aliphatic rings. The number of ether oxygens (including phenoxy) is 1. The number of fused-ring (bicyclic) bond motifs is 8. The number of carbonyl (C=O) groups is 2. The molecule has 52 heavy (non-hydrogen) atoms. The largest absolute Gasteiger partial charge is 0.503 e. The minimum absolute atomic E-state index is 0.283. The zero-order valence-electron chi connectivity index (χ0n) is 28.6. The summed E-state index contributed by atoms with van der Waals surface area (Å²) in [7, 11) is 0. The van der Waals surface area contributed by atoms with Crippen molar-refractivity contribution in [3.05, 3.63) is 98.5 Å². The Kier molecular flexibility index (Phi) is 9.74. The van der Waals surface area contributed by atoms with Crippen molar-refractivity contribution in [1.29, 1.82) is 0 Å². The Morgan fingerprint density at radius 1 is 0.750 bits per heavy atom. The van der Waals surface area contributed by atoms with Gasteiger partial charge in [-0.15, -0.1) is 0 Å². The van der Waals surface area contributed by atoms with E-state index in [1.165, 1.54) is 21.8 Å². The van der Waals surface area contributed by atoms with Gasteiger partial charge in [-0.25, -0.2) is 4.68 Å². The number of hydrogen-bond donors (Lipinski definition) is 4. The van der Waals surface area contributed by atoms with Gasteiger partial charge in [-0.3, -0.25) is 23.9 Å². The Labute approximate surface area is 297 Å². The van der Waals surface area contributed by atoms with Crippen molar-refractivity contribution in [2.45, 2.75) is 69.9 Å². The number of nitrogens with one attached hydrogen (secondary N) is 2. The van der Waals surface area contributed by atoms with Crippen LogP contribution in [0.5, 0.6) is 17.4 Å². The average Bonchev–Trinajstić information content (AvgIpc) is 3.79. The molecule has 6 heterocycles. The molecule has 4 aromatic heterocycles. The molecule has 1 fully saturated rings. The van der Waals surface area contributed by atoms with Crippen molar-refractivity contribution in [2.24, 2.45) is 0 Å². The van der Waals surface area contributed by atoms with E-state index in [0.29, 0.717) is 38.5 Å². The van der Waals surface area contributed by atoms with Crippen molar-refractivity contribution < 1.29 is 24.5 Å². The van der Waals surface area contributed by atoms with E-state index in [1.807, 2.05) is 48.7 Å². The maximum Gasteiger partial charge on any atom is 0.275 e. The lowest BCUT2D eigenvalue weighted by atomic mass is 9.97. The van der Waals surface area contributed by atoms with E-state index in [4.69, 9.17) is 9.72 Å². The summed E-state index contributed by atoms with van der Waals surface area (Å²) in [6.45, 7) is 1.77. The van der Waals surface area contributed by atoms with E-state index in [9.17, 15) is 29.4 Å². The summed E-state index contributed by atoms with van der Waals surface area (Å²) < 4.78 is 10.9. The molecule has 8 rings (SSSR count). The van der Waals surface area contributed by atoms with Gasteiger partial charge in [0.05, 0.1) is 36.8 Å². The molecule has 0 radical (unpaired) electrons. The van der Waals surface area contributed by atoms with Gasteiger partial charge >= 0.3 is 0 Å². The standard InChI is InChI=1S/C22H25N5O4.C15H15N3O3/c28-16-13-26-14-22(8-1-2-9-22)27-11-7-15-5-6-17(24-20(15)27)31-12-4-3-10-23-21(30)18(25-26)19(16)29;19-12-9-18-11-7-2-1-5-10(11)6-3-4-8-16-15(21)13(17-18)14(12)20/h5-7,11,13,28H,1-4,8-10,12,14H2,(H,23,30);1-2,5,7,9,19H,3-4,6,8H2,(H,16,21). The van der Waals surface area contributed by atoms with E-state index in [2.05, 4.69) is 25.4 Å². The van der Waals surface area contributed by atoms with Gasteiger partial charge in [-0.05, 0) is 68.7 Å². The second-order valence-electron chi connectivity index (χ2n) is 13.4. The third-order valence-corrected chi connectivity index (χ3v) is 9.79. The zero-order valence-corrected chi connectivity index (χ0v) is 28.6. The number of hydrogen-bond acceptors (Lipinski definition) is 10. The number of aromatic hydroxyl groups is 2. The van der Waals surface area contributed by atoms with Crippen LogP contribution in [-0.4, -0.2) is 70.8 Å². The lowest BCUT2D eigenvalue weighted by Crippen LogP contribution is -2.38. The fraction of sp³-hybridized carbons (Fsp3) is 0.378. The third kappa shape index (κ3) is 6.98. The van der Waals surface area contributed by atoms with E-state index >= 15 is 0 Å². The maximum absolute atomic E-state index is 12.6. The third-order valence-electron chi connectivity index (χ3n) is 9.79. The van der Waals surface area contributed by atoms with Crippen LogP contribution in [0, 0.1) is 0 Å². The summed E-state index contributed by atoms with van der Waals surface area (Å²) in [4.78, 5) is 53.6. The van der Waals surface area contributed by atoms with E-state index < -0.39 is 34.2 Å². The molecule has 0 atom stereocenters. The lowest BCUT2D eigenvalue weighted by Gasteiger charge is -2.32. The minimum atomic E-state index is -0.753. The Morgan fingerprint density at radius 3 is 2.21 bits per heavy atom. The summed E-state index contributed by atoms with van der Waals surface area (Å²) in [5.74, 6) is -1.50. The number of aromatic nitrogens is 6. The molecule has 1 spiro atoms. The van der Waals surface area contributed by atoms with Gasteiger partial charge in [0.2, 0.25) is 5.88 Å². The summed E-state index contributed by atoms with van der Waals surface area (Å²) >= 11 is 0. The molecular formula is C37H40N8O7. The van der Waals surface area contributed by atoms with Gasteiger partial charge in [0.1, 0.15) is 5.65 Å². The van der Waals surface area contributed by atoms with Crippen LogP contribution in [0.25, 0.3) is 16.7 Å². The SMILES string of the molecule is O=C1NCCCCOc2ccc3ccn(c3n2)C2(CCCC2)Cn2cc(O)c(=O)c1n2.O=C1NCCCCc2ccccc2-n2cc(O)c(=O)c1n2. The lowest BCUT2D eigenvalue weighted by molar-refractivity contribution is 0.0935. The molecule has 15 heteroatoms. The molecule has 4 N–H and O–H groups in total.